The number of anilines is 2. The lowest BCUT2D eigenvalue weighted by molar-refractivity contribution is 0.103. The number of halogens is 2. The van der Waals surface area contributed by atoms with Gasteiger partial charge in [-0.05, 0) is 49.6 Å². The van der Waals surface area contributed by atoms with Crippen LogP contribution in [0.3, 0.4) is 0 Å². The molecule has 3 aromatic rings. The number of aryl methyl sites for hydroxylation is 3. The Labute approximate surface area is 147 Å². The first-order chi connectivity index (χ1) is 11.8. The Bertz CT molecular complexity index is 982. The number of hydrogen-bond donors (Lipinski definition) is 2. The van der Waals surface area contributed by atoms with E-state index >= 15 is 0 Å². The number of aromatic nitrogens is 1. The zero-order valence-corrected chi connectivity index (χ0v) is 14.8. The maximum atomic E-state index is 12.9. The number of nitrogens with two attached hydrogens (primary N) is 1. The summed E-state index contributed by atoms with van der Waals surface area (Å²) in [7, 11) is 0. The number of pyridine rings is 1. The van der Waals surface area contributed by atoms with Crippen LogP contribution in [0.2, 0.25) is 0 Å². The monoisotopic (exact) mass is 361 g/mol. The second-order valence-corrected chi connectivity index (χ2v) is 6.96. The van der Waals surface area contributed by atoms with E-state index in [4.69, 9.17) is 5.73 Å². The number of hydrogen-bond acceptors (Lipinski definition) is 4. The van der Waals surface area contributed by atoms with E-state index in [1.807, 2.05) is 32.0 Å². The Morgan fingerprint density at radius 2 is 1.92 bits per heavy atom. The van der Waals surface area contributed by atoms with E-state index in [-0.39, 0.29) is 22.2 Å². The van der Waals surface area contributed by atoms with Gasteiger partial charge in [0.05, 0.1) is 5.69 Å². The lowest BCUT2D eigenvalue weighted by Crippen LogP contribution is -2.13. The molecule has 4 nitrogen and oxygen atoms in total. The summed E-state index contributed by atoms with van der Waals surface area (Å²) in [5, 5.41) is 3.40. The van der Waals surface area contributed by atoms with Crippen molar-refractivity contribution in [1.82, 2.24) is 4.98 Å². The summed E-state index contributed by atoms with van der Waals surface area (Å²) in [5.74, 6) is -0.368. The van der Waals surface area contributed by atoms with Crippen molar-refractivity contribution >= 4 is 38.8 Å². The van der Waals surface area contributed by atoms with E-state index in [0.29, 0.717) is 21.5 Å². The van der Waals surface area contributed by atoms with Gasteiger partial charge >= 0.3 is 0 Å². The first-order valence-electron chi connectivity index (χ1n) is 7.64. The number of carbonyl (C=O) groups is 1. The van der Waals surface area contributed by atoms with Gasteiger partial charge in [0, 0.05) is 11.1 Å². The number of nitrogen functional groups attached to an aromatic ring is 1. The molecular weight excluding hydrogens is 344 g/mol. The van der Waals surface area contributed by atoms with E-state index in [9.17, 15) is 13.6 Å². The predicted molar refractivity (Wildman–Crippen MR) is 97.6 cm³/mol. The molecule has 0 aliphatic heterocycles. The van der Waals surface area contributed by atoms with Crippen molar-refractivity contribution in [2.75, 3.05) is 11.1 Å². The van der Waals surface area contributed by atoms with Crippen LogP contribution in [0.4, 0.5) is 20.2 Å². The summed E-state index contributed by atoms with van der Waals surface area (Å²) >= 11 is 1.03. The van der Waals surface area contributed by atoms with Crippen molar-refractivity contribution < 1.29 is 13.6 Å². The van der Waals surface area contributed by atoms with E-state index in [1.54, 1.807) is 6.92 Å². The molecule has 1 amide bonds. The third-order valence-electron chi connectivity index (χ3n) is 3.99. The number of nitrogens with zero attached hydrogens (tertiary/aromatic N) is 1. The van der Waals surface area contributed by atoms with Gasteiger partial charge in [0.15, 0.2) is 0 Å². The fourth-order valence-electron chi connectivity index (χ4n) is 2.66. The summed E-state index contributed by atoms with van der Waals surface area (Å²) in [6, 6.07) is 7.05. The van der Waals surface area contributed by atoms with E-state index in [2.05, 4.69) is 10.3 Å². The van der Waals surface area contributed by atoms with Crippen LogP contribution in [0, 0.1) is 20.8 Å². The minimum Gasteiger partial charge on any atom is -0.397 e. The molecule has 0 saturated heterocycles. The van der Waals surface area contributed by atoms with Crippen LogP contribution < -0.4 is 11.1 Å². The van der Waals surface area contributed by atoms with E-state index in [0.717, 1.165) is 22.5 Å². The molecule has 2 heterocycles. The van der Waals surface area contributed by atoms with Crippen molar-refractivity contribution in [2.45, 2.75) is 27.2 Å². The number of carbonyl (C=O) groups excluding carboxylic acids is 1. The Morgan fingerprint density at radius 3 is 2.60 bits per heavy atom. The summed E-state index contributed by atoms with van der Waals surface area (Å²) in [4.78, 5) is 17.2. The molecule has 1 aromatic carbocycles. The number of nitrogens with one attached hydrogen (secondary N) is 1. The highest BCUT2D eigenvalue weighted by molar-refractivity contribution is 7.21. The van der Waals surface area contributed by atoms with Crippen LogP contribution >= 0.6 is 11.3 Å². The molecular formula is C18H17F2N3OS. The van der Waals surface area contributed by atoms with Crippen molar-refractivity contribution in [3.8, 4) is 0 Å². The van der Waals surface area contributed by atoms with E-state index in [1.165, 1.54) is 6.07 Å². The quantitative estimate of drug-likeness (QED) is 0.690. The summed E-state index contributed by atoms with van der Waals surface area (Å²) < 4.78 is 25.9. The molecule has 25 heavy (non-hydrogen) atoms. The van der Waals surface area contributed by atoms with Crippen molar-refractivity contribution in [1.29, 1.82) is 0 Å². The summed E-state index contributed by atoms with van der Waals surface area (Å²) in [6.45, 7) is 5.51. The normalized spacial score (nSPS) is 11.3. The topological polar surface area (TPSA) is 68.0 Å². The van der Waals surface area contributed by atoms with Gasteiger partial charge in [-0.15, -0.1) is 11.3 Å². The molecule has 130 valence electrons. The average molecular weight is 361 g/mol. The first-order valence-corrected chi connectivity index (χ1v) is 8.46. The van der Waals surface area contributed by atoms with Gasteiger partial charge in [-0.3, -0.25) is 4.79 Å². The van der Waals surface area contributed by atoms with Gasteiger partial charge in [0.1, 0.15) is 15.4 Å². The molecule has 3 rings (SSSR count). The van der Waals surface area contributed by atoms with Gasteiger partial charge in [-0.2, -0.15) is 0 Å². The summed E-state index contributed by atoms with van der Waals surface area (Å²) in [6.07, 6.45) is -2.67. The molecule has 0 aliphatic rings. The number of amides is 1. The van der Waals surface area contributed by atoms with Gasteiger partial charge in [-0.1, -0.05) is 12.1 Å². The number of rotatable bonds is 3. The molecule has 0 radical (unpaired) electrons. The number of thiophene rings is 1. The molecule has 3 N–H and O–H groups in total. The minimum absolute atomic E-state index is 0.272. The highest BCUT2D eigenvalue weighted by Gasteiger charge is 2.21. The molecule has 0 aliphatic carbocycles. The number of fused-ring (bicyclic) bond motifs is 1. The van der Waals surface area contributed by atoms with Gasteiger partial charge in [0.2, 0.25) is 0 Å². The van der Waals surface area contributed by atoms with Crippen molar-refractivity contribution in [3.63, 3.8) is 0 Å². The van der Waals surface area contributed by atoms with Gasteiger partial charge in [0.25, 0.3) is 12.3 Å². The predicted octanol–water partition coefficient (Wildman–Crippen LogP) is 4.99. The van der Waals surface area contributed by atoms with Gasteiger partial charge in [-0.25, -0.2) is 13.8 Å². The second kappa shape index (κ2) is 6.40. The zero-order valence-electron chi connectivity index (χ0n) is 14.0. The Hall–Kier alpha value is -2.54. The zero-order chi connectivity index (χ0) is 18.3. The fraction of sp³-hybridized carbons (Fsp3) is 0.222. The van der Waals surface area contributed by atoms with Crippen molar-refractivity contribution in [2.24, 2.45) is 0 Å². The maximum absolute atomic E-state index is 12.9. The standard InChI is InChI=1S/C18H17F2N3OS/c1-8-4-5-9(2)11(6-8)22-17(24)15-14(21)13-10(3)7-12(16(19)20)23-18(13)25-15/h4-7,16H,21H2,1-3H3,(H,22,24). The molecule has 0 unspecified atom stereocenters. The number of alkyl halides is 2. The molecule has 7 heteroatoms. The first kappa shape index (κ1) is 17.3. The average Bonchev–Trinajstić information content (AvgIpc) is 2.88. The van der Waals surface area contributed by atoms with Crippen molar-refractivity contribution in [3.05, 3.63) is 51.5 Å². The highest BCUT2D eigenvalue weighted by Crippen LogP contribution is 2.36. The minimum atomic E-state index is -2.67. The molecule has 0 spiro atoms. The fourth-order valence-corrected chi connectivity index (χ4v) is 3.74. The van der Waals surface area contributed by atoms with Crippen LogP contribution in [-0.2, 0) is 0 Å². The maximum Gasteiger partial charge on any atom is 0.280 e. The lowest BCUT2D eigenvalue weighted by Gasteiger charge is -2.09. The highest BCUT2D eigenvalue weighted by atomic mass is 32.1. The van der Waals surface area contributed by atoms with E-state index < -0.39 is 6.43 Å². The Kier molecular flexibility index (Phi) is 4.43. The lowest BCUT2D eigenvalue weighted by atomic mass is 10.1. The number of benzene rings is 1. The second-order valence-electron chi connectivity index (χ2n) is 5.96. The summed E-state index contributed by atoms with van der Waals surface area (Å²) in [5.41, 5.74) is 9.29. The molecule has 0 fully saturated rings. The third kappa shape index (κ3) is 3.19. The largest absolute Gasteiger partial charge is 0.397 e. The van der Waals surface area contributed by atoms with Crippen LogP contribution in [0.5, 0.6) is 0 Å². The van der Waals surface area contributed by atoms with Gasteiger partial charge < -0.3 is 11.1 Å². The molecule has 0 saturated carbocycles. The molecule has 0 bridgehead atoms. The van der Waals surface area contributed by atoms with Crippen LogP contribution in [-0.4, -0.2) is 10.9 Å². The van der Waals surface area contributed by atoms with Crippen LogP contribution in [0.15, 0.2) is 24.3 Å². The van der Waals surface area contributed by atoms with Crippen LogP contribution in [0.25, 0.3) is 10.2 Å². The Morgan fingerprint density at radius 1 is 1.20 bits per heavy atom. The third-order valence-corrected chi connectivity index (χ3v) is 5.09. The SMILES string of the molecule is Cc1ccc(C)c(NC(=O)c2sc3nc(C(F)F)cc(C)c3c2N)c1. The molecule has 2 aromatic heterocycles. The smallest absolute Gasteiger partial charge is 0.280 e. The van der Waals surface area contributed by atoms with Crippen LogP contribution in [0.1, 0.15) is 38.5 Å². The molecule has 0 atom stereocenters. The Balaban J connectivity index is 2.03.